The molecule has 25 heavy (non-hydrogen) atoms. The van der Waals surface area contributed by atoms with E-state index in [0.29, 0.717) is 42.4 Å². The van der Waals surface area contributed by atoms with Crippen LogP contribution >= 0.6 is 0 Å². The molecular formula is C16H18F2N4O3. The Balaban J connectivity index is 1.57. The smallest absolute Gasteiger partial charge is 0.319 e. The fourth-order valence-electron chi connectivity index (χ4n) is 3.05. The number of anilines is 1. The van der Waals surface area contributed by atoms with Crippen molar-refractivity contribution < 1.29 is 23.5 Å². The van der Waals surface area contributed by atoms with Crippen LogP contribution < -0.4 is 10.6 Å². The maximum Gasteiger partial charge on any atom is 0.319 e. The van der Waals surface area contributed by atoms with Gasteiger partial charge in [-0.05, 0) is 43.9 Å². The zero-order valence-corrected chi connectivity index (χ0v) is 13.3. The Bertz CT molecular complexity index is 785. The zero-order chi connectivity index (χ0) is 18.0. The van der Waals surface area contributed by atoms with Gasteiger partial charge in [-0.3, -0.25) is 4.79 Å². The fourth-order valence-corrected chi connectivity index (χ4v) is 3.05. The first-order valence-electron chi connectivity index (χ1n) is 8.00. The van der Waals surface area contributed by atoms with Crippen molar-refractivity contribution in [2.24, 2.45) is 5.92 Å². The van der Waals surface area contributed by atoms with E-state index >= 15 is 0 Å². The van der Waals surface area contributed by atoms with Crippen molar-refractivity contribution in [2.45, 2.75) is 38.2 Å². The third-order valence-corrected chi connectivity index (χ3v) is 4.38. The van der Waals surface area contributed by atoms with E-state index in [0.717, 1.165) is 0 Å². The molecule has 134 valence electrons. The number of nitrogens with one attached hydrogen (secondary N) is 3. The van der Waals surface area contributed by atoms with Gasteiger partial charge in [0.15, 0.2) is 5.82 Å². The van der Waals surface area contributed by atoms with E-state index < -0.39 is 24.3 Å². The molecule has 0 aliphatic heterocycles. The molecule has 2 amide bonds. The van der Waals surface area contributed by atoms with Gasteiger partial charge in [0.2, 0.25) is 0 Å². The molecule has 0 saturated heterocycles. The van der Waals surface area contributed by atoms with E-state index in [4.69, 9.17) is 5.11 Å². The van der Waals surface area contributed by atoms with E-state index in [-0.39, 0.29) is 12.0 Å². The molecule has 1 aliphatic carbocycles. The summed E-state index contributed by atoms with van der Waals surface area (Å²) < 4.78 is 25.3. The number of rotatable bonds is 4. The Labute approximate surface area is 141 Å². The number of carboxylic acid groups (broad SMARTS) is 1. The number of aromatic nitrogens is 2. The zero-order valence-electron chi connectivity index (χ0n) is 13.3. The van der Waals surface area contributed by atoms with Gasteiger partial charge in [-0.1, -0.05) is 0 Å². The number of amides is 2. The number of H-pyrrole nitrogens is 1. The second-order valence-electron chi connectivity index (χ2n) is 6.14. The number of hydrogen-bond donors (Lipinski definition) is 4. The molecule has 0 spiro atoms. The Morgan fingerprint density at radius 3 is 2.60 bits per heavy atom. The minimum atomic E-state index is -2.69. The molecular weight excluding hydrogens is 334 g/mol. The molecule has 4 N–H and O–H groups in total. The third kappa shape index (κ3) is 4.04. The summed E-state index contributed by atoms with van der Waals surface area (Å²) in [6.45, 7) is 0. The molecule has 1 aromatic carbocycles. The molecule has 1 aliphatic rings. The summed E-state index contributed by atoms with van der Waals surface area (Å²) in [6, 6.07) is 4.18. The number of urea groups is 1. The second kappa shape index (κ2) is 7.04. The molecule has 1 fully saturated rings. The molecule has 0 radical (unpaired) electrons. The monoisotopic (exact) mass is 352 g/mol. The number of carbonyl (C=O) groups is 2. The minimum Gasteiger partial charge on any atom is -0.481 e. The SMILES string of the molecule is O=C(Nc1ccc2nc(C(F)F)[nH]c2c1)NC1CCC(C(=O)O)CC1. The highest BCUT2D eigenvalue weighted by Gasteiger charge is 2.26. The summed E-state index contributed by atoms with van der Waals surface area (Å²) in [5.41, 5.74) is 1.26. The average Bonchev–Trinajstić information content (AvgIpc) is 2.99. The number of alkyl halides is 2. The Morgan fingerprint density at radius 2 is 1.96 bits per heavy atom. The van der Waals surface area contributed by atoms with Crippen molar-refractivity contribution >= 4 is 28.7 Å². The molecule has 2 aromatic rings. The number of aliphatic carboxylic acids is 1. The number of carbonyl (C=O) groups excluding carboxylic acids is 1. The average molecular weight is 352 g/mol. The van der Waals surface area contributed by atoms with Gasteiger partial charge >= 0.3 is 12.0 Å². The predicted molar refractivity (Wildman–Crippen MR) is 86.6 cm³/mol. The standard InChI is InChI=1S/C16H18F2N4O3/c17-13(18)14-21-11-6-5-10(7-12(11)22-14)20-16(25)19-9-3-1-8(2-4-9)15(23)24/h5-9,13H,1-4H2,(H,21,22)(H,23,24)(H2,19,20,25). The van der Waals surface area contributed by atoms with E-state index in [2.05, 4.69) is 20.6 Å². The Hall–Kier alpha value is -2.71. The van der Waals surface area contributed by atoms with Gasteiger partial charge in [-0.2, -0.15) is 0 Å². The normalized spacial score (nSPS) is 20.6. The molecule has 9 heteroatoms. The lowest BCUT2D eigenvalue weighted by molar-refractivity contribution is -0.142. The number of hydrogen-bond acceptors (Lipinski definition) is 3. The van der Waals surface area contributed by atoms with Crippen LogP contribution in [0.5, 0.6) is 0 Å². The van der Waals surface area contributed by atoms with Gasteiger partial charge in [0.05, 0.1) is 17.0 Å². The van der Waals surface area contributed by atoms with Gasteiger partial charge in [-0.15, -0.1) is 0 Å². The molecule has 0 bridgehead atoms. The maximum absolute atomic E-state index is 12.6. The number of nitrogens with zero attached hydrogens (tertiary/aromatic N) is 1. The van der Waals surface area contributed by atoms with Crippen LogP contribution in [0.15, 0.2) is 18.2 Å². The lowest BCUT2D eigenvalue weighted by Crippen LogP contribution is -2.40. The van der Waals surface area contributed by atoms with E-state index in [9.17, 15) is 18.4 Å². The number of benzene rings is 1. The van der Waals surface area contributed by atoms with E-state index in [1.807, 2.05) is 0 Å². The number of aromatic amines is 1. The van der Waals surface area contributed by atoms with Crippen molar-refractivity contribution in [3.8, 4) is 0 Å². The largest absolute Gasteiger partial charge is 0.481 e. The molecule has 0 unspecified atom stereocenters. The fraction of sp³-hybridized carbons (Fsp3) is 0.438. The maximum atomic E-state index is 12.6. The van der Waals surface area contributed by atoms with Crippen molar-refractivity contribution in [3.63, 3.8) is 0 Å². The highest BCUT2D eigenvalue weighted by Crippen LogP contribution is 2.25. The number of carboxylic acids is 1. The highest BCUT2D eigenvalue weighted by atomic mass is 19.3. The van der Waals surface area contributed by atoms with Crippen LogP contribution in [0.3, 0.4) is 0 Å². The third-order valence-electron chi connectivity index (χ3n) is 4.38. The van der Waals surface area contributed by atoms with Crippen LogP contribution in [-0.2, 0) is 4.79 Å². The Kier molecular flexibility index (Phi) is 4.82. The van der Waals surface area contributed by atoms with E-state index in [1.165, 1.54) is 6.07 Å². The number of imidazole rings is 1. The quantitative estimate of drug-likeness (QED) is 0.677. The first-order chi connectivity index (χ1) is 11.9. The molecule has 0 atom stereocenters. The summed E-state index contributed by atoms with van der Waals surface area (Å²) in [4.78, 5) is 29.3. The molecule has 1 saturated carbocycles. The number of fused-ring (bicyclic) bond motifs is 1. The van der Waals surface area contributed by atoms with Crippen molar-refractivity contribution in [1.82, 2.24) is 15.3 Å². The highest BCUT2D eigenvalue weighted by molar-refractivity contribution is 5.92. The van der Waals surface area contributed by atoms with Crippen LogP contribution in [0, 0.1) is 5.92 Å². The topological polar surface area (TPSA) is 107 Å². The summed E-state index contributed by atoms with van der Waals surface area (Å²) in [6.07, 6.45) is -0.384. The van der Waals surface area contributed by atoms with Crippen LogP contribution in [-0.4, -0.2) is 33.1 Å². The number of halogens is 2. The summed E-state index contributed by atoms with van der Waals surface area (Å²) >= 11 is 0. The minimum absolute atomic E-state index is 0.0723. The van der Waals surface area contributed by atoms with Crippen LogP contribution in [0.2, 0.25) is 0 Å². The van der Waals surface area contributed by atoms with Crippen molar-refractivity contribution in [3.05, 3.63) is 24.0 Å². The second-order valence-corrected chi connectivity index (χ2v) is 6.14. The lowest BCUT2D eigenvalue weighted by atomic mass is 9.86. The molecule has 7 nitrogen and oxygen atoms in total. The lowest BCUT2D eigenvalue weighted by Gasteiger charge is -2.26. The van der Waals surface area contributed by atoms with Crippen LogP contribution in [0.4, 0.5) is 19.3 Å². The van der Waals surface area contributed by atoms with Gasteiger partial charge in [0.25, 0.3) is 6.43 Å². The van der Waals surface area contributed by atoms with Gasteiger partial charge < -0.3 is 20.7 Å². The van der Waals surface area contributed by atoms with Crippen LogP contribution in [0.25, 0.3) is 11.0 Å². The summed E-state index contributed by atoms with van der Waals surface area (Å²) in [7, 11) is 0. The van der Waals surface area contributed by atoms with Gasteiger partial charge in [-0.25, -0.2) is 18.6 Å². The van der Waals surface area contributed by atoms with E-state index in [1.54, 1.807) is 12.1 Å². The summed E-state index contributed by atoms with van der Waals surface area (Å²) in [5, 5.41) is 14.4. The van der Waals surface area contributed by atoms with Gasteiger partial charge in [0.1, 0.15) is 0 Å². The van der Waals surface area contributed by atoms with Crippen molar-refractivity contribution in [2.75, 3.05) is 5.32 Å². The van der Waals surface area contributed by atoms with Crippen LogP contribution in [0.1, 0.15) is 37.9 Å². The first kappa shape index (κ1) is 17.1. The van der Waals surface area contributed by atoms with Gasteiger partial charge in [0, 0.05) is 11.7 Å². The first-order valence-corrected chi connectivity index (χ1v) is 8.00. The molecule has 1 heterocycles. The molecule has 3 rings (SSSR count). The predicted octanol–water partition coefficient (Wildman–Crippen LogP) is 3.27. The van der Waals surface area contributed by atoms with Crippen molar-refractivity contribution in [1.29, 1.82) is 0 Å². The Morgan fingerprint density at radius 1 is 1.24 bits per heavy atom. The summed E-state index contributed by atoms with van der Waals surface area (Å²) in [5.74, 6) is -1.54. The molecule has 1 aromatic heterocycles.